The number of carbonyl (C=O) groups excluding carboxylic acids is 2. The molecule has 1 aromatic carbocycles. The number of anilines is 1. The molecule has 4 rings (SSSR count). The van der Waals surface area contributed by atoms with Crippen molar-refractivity contribution < 1.29 is 19.1 Å². The molecular formula is C17H21N3O4. The molecule has 0 spiro atoms. The van der Waals surface area contributed by atoms with E-state index in [0.717, 1.165) is 19.4 Å². The monoisotopic (exact) mass is 331 g/mol. The number of nitrogens with zero attached hydrogens (tertiary/aromatic N) is 2. The molecule has 2 fully saturated rings. The van der Waals surface area contributed by atoms with Crippen LogP contribution < -0.4 is 5.73 Å². The van der Waals surface area contributed by atoms with Crippen LogP contribution in [0.2, 0.25) is 0 Å². The van der Waals surface area contributed by atoms with Gasteiger partial charge in [-0.15, -0.1) is 0 Å². The highest BCUT2D eigenvalue weighted by Crippen LogP contribution is 2.34. The number of imide groups is 1. The summed E-state index contributed by atoms with van der Waals surface area (Å²) in [6.45, 7) is 4.03. The van der Waals surface area contributed by atoms with Crippen molar-refractivity contribution in [1.82, 2.24) is 9.80 Å². The fourth-order valence-electron chi connectivity index (χ4n) is 3.72. The van der Waals surface area contributed by atoms with E-state index in [1.165, 1.54) is 4.90 Å². The van der Waals surface area contributed by atoms with E-state index >= 15 is 0 Å². The third-order valence-electron chi connectivity index (χ3n) is 4.89. The van der Waals surface area contributed by atoms with Gasteiger partial charge in [-0.3, -0.25) is 19.4 Å². The van der Waals surface area contributed by atoms with Gasteiger partial charge in [0.25, 0.3) is 11.8 Å². The Labute approximate surface area is 140 Å². The maximum Gasteiger partial charge on any atom is 0.263 e. The summed E-state index contributed by atoms with van der Waals surface area (Å²) in [6, 6.07) is 4.88. The molecule has 7 nitrogen and oxygen atoms in total. The van der Waals surface area contributed by atoms with Crippen LogP contribution in [0, 0.1) is 0 Å². The second kappa shape index (κ2) is 5.84. The number of piperidine rings is 1. The number of amides is 2. The average Bonchev–Trinajstić information content (AvgIpc) is 3.29. The van der Waals surface area contributed by atoms with Crippen LogP contribution in [0.4, 0.5) is 5.69 Å². The van der Waals surface area contributed by atoms with Gasteiger partial charge < -0.3 is 15.2 Å². The highest BCUT2D eigenvalue weighted by molar-refractivity contribution is 6.23. The molecule has 2 amide bonds. The smallest absolute Gasteiger partial charge is 0.263 e. The lowest BCUT2D eigenvalue weighted by atomic mass is 10.0. The van der Waals surface area contributed by atoms with Gasteiger partial charge in [-0.05, 0) is 31.9 Å². The lowest BCUT2D eigenvalue weighted by Gasteiger charge is -2.35. The normalized spacial score (nSPS) is 29.9. The van der Waals surface area contributed by atoms with Crippen molar-refractivity contribution in [2.45, 2.75) is 38.3 Å². The van der Waals surface area contributed by atoms with Crippen molar-refractivity contribution in [1.29, 1.82) is 0 Å². The van der Waals surface area contributed by atoms with Gasteiger partial charge in [0.1, 0.15) is 0 Å². The van der Waals surface area contributed by atoms with Crippen LogP contribution in [-0.4, -0.2) is 59.9 Å². The Balaban J connectivity index is 1.51. The summed E-state index contributed by atoms with van der Waals surface area (Å²) in [5, 5.41) is 0. The Morgan fingerprint density at radius 3 is 2.92 bits per heavy atom. The summed E-state index contributed by atoms with van der Waals surface area (Å²) >= 11 is 0. The first-order valence-electron chi connectivity index (χ1n) is 8.39. The molecule has 1 aromatic rings. The zero-order chi connectivity index (χ0) is 16.8. The number of ether oxygens (including phenoxy) is 2. The van der Waals surface area contributed by atoms with Gasteiger partial charge >= 0.3 is 0 Å². The SMILES string of the molecule is CCOC1OC1N1CCC[C@H](N2C(=O)c3cccc(N)c3C2=O)C1. The number of likely N-dealkylation sites (tertiary alicyclic amines) is 1. The van der Waals surface area contributed by atoms with E-state index in [4.69, 9.17) is 15.2 Å². The van der Waals surface area contributed by atoms with Crippen LogP contribution in [0.3, 0.4) is 0 Å². The van der Waals surface area contributed by atoms with Crippen molar-refractivity contribution in [2.75, 3.05) is 25.4 Å². The molecule has 3 aliphatic rings. The van der Waals surface area contributed by atoms with E-state index in [-0.39, 0.29) is 30.4 Å². The Morgan fingerprint density at radius 1 is 1.33 bits per heavy atom. The standard InChI is InChI=1S/C17H21N3O4/c1-2-23-17-16(24-17)19-8-4-5-10(9-19)20-14(21)11-6-3-7-12(18)13(11)15(20)22/h3,6-7,10,16-17H,2,4-5,8-9,18H2,1H3/t10-,16?,17?/m0/s1. The fraction of sp³-hybridized carbons (Fsp3) is 0.529. The van der Waals surface area contributed by atoms with Crippen molar-refractivity contribution in [3.8, 4) is 0 Å². The van der Waals surface area contributed by atoms with E-state index in [1.807, 2.05) is 6.92 Å². The molecule has 3 aliphatic heterocycles. The first-order valence-corrected chi connectivity index (χ1v) is 8.39. The Bertz CT molecular complexity index is 692. The maximum absolute atomic E-state index is 12.7. The van der Waals surface area contributed by atoms with Crippen molar-refractivity contribution >= 4 is 17.5 Å². The predicted molar refractivity (Wildman–Crippen MR) is 86.2 cm³/mol. The van der Waals surface area contributed by atoms with E-state index < -0.39 is 0 Å². The molecular weight excluding hydrogens is 310 g/mol. The summed E-state index contributed by atoms with van der Waals surface area (Å²) < 4.78 is 11.0. The van der Waals surface area contributed by atoms with Gasteiger partial charge in [0.05, 0.1) is 17.2 Å². The molecule has 0 saturated carbocycles. The van der Waals surface area contributed by atoms with Crippen LogP contribution in [0.25, 0.3) is 0 Å². The van der Waals surface area contributed by atoms with Gasteiger partial charge in [-0.2, -0.15) is 0 Å². The maximum atomic E-state index is 12.7. The first kappa shape index (κ1) is 15.6. The molecule has 2 unspecified atom stereocenters. The van der Waals surface area contributed by atoms with Crippen molar-refractivity contribution in [2.24, 2.45) is 0 Å². The number of nitrogen functional groups attached to an aromatic ring is 1. The zero-order valence-corrected chi connectivity index (χ0v) is 13.6. The molecule has 3 atom stereocenters. The second-order valence-corrected chi connectivity index (χ2v) is 6.39. The topological polar surface area (TPSA) is 88.4 Å². The number of carbonyl (C=O) groups is 2. The third-order valence-corrected chi connectivity index (χ3v) is 4.89. The number of benzene rings is 1. The minimum Gasteiger partial charge on any atom is -0.398 e. The molecule has 0 radical (unpaired) electrons. The molecule has 0 bridgehead atoms. The van der Waals surface area contributed by atoms with Crippen LogP contribution >= 0.6 is 0 Å². The summed E-state index contributed by atoms with van der Waals surface area (Å²) in [5.41, 5.74) is 7.02. The summed E-state index contributed by atoms with van der Waals surface area (Å²) in [6.07, 6.45) is 1.46. The largest absolute Gasteiger partial charge is 0.398 e. The van der Waals surface area contributed by atoms with E-state index in [0.29, 0.717) is 30.0 Å². The van der Waals surface area contributed by atoms with E-state index in [2.05, 4.69) is 4.90 Å². The molecule has 2 saturated heterocycles. The number of rotatable bonds is 4. The third kappa shape index (κ3) is 2.40. The highest BCUT2D eigenvalue weighted by atomic mass is 16.8. The highest BCUT2D eigenvalue weighted by Gasteiger charge is 2.48. The summed E-state index contributed by atoms with van der Waals surface area (Å²) in [7, 11) is 0. The minimum absolute atomic E-state index is 0.0620. The number of nitrogens with two attached hydrogens (primary N) is 1. The number of fused-ring (bicyclic) bond motifs is 1. The minimum atomic E-state index is -0.280. The lowest BCUT2D eigenvalue weighted by Crippen LogP contribution is -2.51. The molecule has 7 heteroatoms. The Kier molecular flexibility index (Phi) is 3.79. The van der Waals surface area contributed by atoms with Crippen molar-refractivity contribution in [3.63, 3.8) is 0 Å². The molecule has 0 aliphatic carbocycles. The first-order chi connectivity index (χ1) is 11.6. The Morgan fingerprint density at radius 2 is 2.17 bits per heavy atom. The lowest BCUT2D eigenvalue weighted by molar-refractivity contribution is 0.0421. The van der Waals surface area contributed by atoms with E-state index in [1.54, 1.807) is 18.2 Å². The van der Waals surface area contributed by atoms with Gasteiger partial charge in [0.15, 0.2) is 12.5 Å². The van der Waals surface area contributed by atoms with Gasteiger partial charge in [0, 0.05) is 25.4 Å². The van der Waals surface area contributed by atoms with Crippen LogP contribution in [-0.2, 0) is 9.47 Å². The molecule has 24 heavy (non-hydrogen) atoms. The molecule has 3 heterocycles. The van der Waals surface area contributed by atoms with Crippen molar-refractivity contribution in [3.05, 3.63) is 29.3 Å². The summed E-state index contributed by atoms with van der Waals surface area (Å²) in [5.74, 6) is -0.523. The quantitative estimate of drug-likeness (QED) is 0.504. The predicted octanol–water partition coefficient (Wildman–Crippen LogP) is 1.05. The molecule has 2 N–H and O–H groups in total. The van der Waals surface area contributed by atoms with Gasteiger partial charge in [0.2, 0.25) is 0 Å². The number of hydrogen-bond acceptors (Lipinski definition) is 6. The van der Waals surface area contributed by atoms with E-state index in [9.17, 15) is 9.59 Å². The average molecular weight is 331 g/mol. The van der Waals surface area contributed by atoms with Crippen LogP contribution in [0.15, 0.2) is 18.2 Å². The van der Waals surface area contributed by atoms with Gasteiger partial charge in [-0.1, -0.05) is 6.07 Å². The van der Waals surface area contributed by atoms with Gasteiger partial charge in [-0.25, -0.2) is 0 Å². The zero-order valence-electron chi connectivity index (χ0n) is 13.6. The fourth-order valence-corrected chi connectivity index (χ4v) is 3.72. The molecule has 0 aromatic heterocycles. The van der Waals surface area contributed by atoms with Crippen LogP contribution in [0.5, 0.6) is 0 Å². The molecule has 128 valence electrons. The summed E-state index contributed by atoms with van der Waals surface area (Å²) in [4.78, 5) is 29.0. The number of epoxide rings is 1. The number of hydrogen-bond donors (Lipinski definition) is 1. The Hall–Kier alpha value is -1.96. The second-order valence-electron chi connectivity index (χ2n) is 6.39. The van der Waals surface area contributed by atoms with Crippen LogP contribution in [0.1, 0.15) is 40.5 Å².